The Hall–Kier alpha value is -1.39. The molecule has 0 saturated carbocycles. The summed E-state index contributed by atoms with van der Waals surface area (Å²) in [7, 11) is 0. The van der Waals surface area contributed by atoms with Gasteiger partial charge in [0.1, 0.15) is 0 Å². The molecule has 0 amide bonds. The van der Waals surface area contributed by atoms with Crippen LogP contribution in [0, 0.1) is 0 Å². The van der Waals surface area contributed by atoms with Crippen LogP contribution in [0.2, 0.25) is 5.02 Å². The van der Waals surface area contributed by atoms with Crippen molar-refractivity contribution in [2.75, 3.05) is 5.32 Å². The average Bonchev–Trinajstić information content (AvgIpc) is 2.73. The Bertz CT molecular complexity index is 688. The van der Waals surface area contributed by atoms with Crippen LogP contribution in [0.3, 0.4) is 0 Å². The van der Waals surface area contributed by atoms with Gasteiger partial charge in [0.2, 0.25) is 5.79 Å². The molecule has 5 heteroatoms. The molecule has 1 aliphatic heterocycles. The molecule has 0 radical (unpaired) electrons. The average molecular weight is 369 g/mol. The topological polar surface area (TPSA) is 30.5 Å². The highest BCUT2D eigenvalue weighted by molar-refractivity contribution is 9.10. The van der Waals surface area contributed by atoms with Crippen LogP contribution in [0.25, 0.3) is 0 Å². The van der Waals surface area contributed by atoms with Crippen molar-refractivity contribution in [3.05, 3.63) is 51.5 Å². The monoisotopic (exact) mass is 367 g/mol. The molecule has 2 aromatic rings. The summed E-state index contributed by atoms with van der Waals surface area (Å²) in [5.41, 5.74) is 2.13. The fraction of sp³-hybridized carbons (Fsp3) is 0.250. The third kappa shape index (κ3) is 3.27. The molecule has 2 aromatic carbocycles. The van der Waals surface area contributed by atoms with Gasteiger partial charge in [0.25, 0.3) is 0 Å². The highest BCUT2D eigenvalue weighted by Gasteiger charge is 2.31. The summed E-state index contributed by atoms with van der Waals surface area (Å²) in [5, 5.41) is 4.08. The second-order valence-electron chi connectivity index (χ2n) is 5.37. The lowest BCUT2D eigenvalue weighted by atomic mass is 10.2. The molecule has 1 aliphatic rings. The van der Waals surface area contributed by atoms with Crippen molar-refractivity contribution in [1.29, 1.82) is 0 Å². The van der Waals surface area contributed by atoms with Gasteiger partial charge >= 0.3 is 0 Å². The van der Waals surface area contributed by atoms with E-state index in [1.165, 1.54) is 0 Å². The molecule has 0 saturated heterocycles. The molecule has 3 rings (SSSR count). The number of anilines is 1. The Morgan fingerprint density at radius 2 is 1.86 bits per heavy atom. The van der Waals surface area contributed by atoms with E-state index in [4.69, 9.17) is 21.1 Å². The maximum Gasteiger partial charge on any atom is 0.246 e. The van der Waals surface area contributed by atoms with E-state index in [9.17, 15) is 0 Å². The molecule has 1 heterocycles. The number of rotatable bonds is 3. The number of benzene rings is 2. The van der Waals surface area contributed by atoms with Gasteiger partial charge in [0, 0.05) is 36.6 Å². The Balaban J connectivity index is 1.71. The first-order chi connectivity index (χ1) is 9.93. The Kier molecular flexibility index (Phi) is 3.76. The van der Waals surface area contributed by atoms with Gasteiger partial charge in [-0.25, -0.2) is 0 Å². The van der Waals surface area contributed by atoms with Gasteiger partial charge in [-0.2, -0.15) is 0 Å². The maximum absolute atomic E-state index is 5.99. The number of halogens is 2. The molecule has 21 heavy (non-hydrogen) atoms. The standard InChI is InChI=1S/C16H15BrClNO2/c1-16(2)20-14-6-4-11(8-15(14)21-16)19-9-10-3-5-13(18)12(17)7-10/h3-8,19H,9H2,1-2H3. The second kappa shape index (κ2) is 5.43. The van der Waals surface area contributed by atoms with E-state index in [1.54, 1.807) is 0 Å². The summed E-state index contributed by atoms with van der Waals surface area (Å²) in [6.07, 6.45) is 0. The predicted octanol–water partition coefficient (Wildman–Crippen LogP) is 5.22. The number of hydrogen-bond acceptors (Lipinski definition) is 3. The lowest BCUT2D eigenvalue weighted by Gasteiger charge is -2.16. The van der Waals surface area contributed by atoms with Crippen LogP contribution < -0.4 is 14.8 Å². The zero-order chi connectivity index (χ0) is 15.0. The molecule has 0 fully saturated rings. The maximum atomic E-state index is 5.99. The van der Waals surface area contributed by atoms with E-state index < -0.39 is 5.79 Å². The molecule has 0 spiro atoms. The molecular weight excluding hydrogens is 354 g/mol. The molecule has 0 aliphatic carbocycles. The Morgan fingerprint density at radius 1 is 1.10 bits per heavy atom. The molecule has 3 nitrogen and oxygen atoms in total. The molecule has 0 atom stereocenters. The van der Waals surface area contributed by atoms with Crippen molar-refractivity contribution < 1.29 is 9.47 Å². The summed E-state index contributed by atoms with van der Waals surface area (Å²) in [4.78, 5) is 0. The number of fused-ring (bicyclic) bond motifs is 1. The summed E-state index contributed by atoms with van der Waals surface area (Å²) < 4.78 is 12.3. The van der Waals surface area contributed by atoms with Gasteiger partial charge in [0.15, 0.2) is 11.5 Å². The minimum absolute atomic E-state index is 0.595. The molecule has 0 unspecified atom stereocenters. The van der Waals surface area contributed by atoms with E-state index in [-0.39, 0.29) is 0 Å². The van der Waals surface area contributed by atoms with Crippen LogP contribution in [0.4, 0.5) is 5.69 Å². The van der Waals surface area contributed by atoms with Gasteiger partial charge in [-0.1, -0.05) is 17.7 Å². The summed E-state index contributed by atoms with van der Waals surface area (Å²) in [6.45, 7) is 4.50. The largest absolute Gasteiger partial charge is 0.449 e. The molecule has 1 N–H and O–H groups in total. The summed E-state index contributed by atoms with van der Waals surface area (Å²) >= 11 is 9.42. The van der Waals surface area contributed by atoms with E-state index >= 15 is 0 Å². The Labute approximate surface area is 137 Å². The van der Waals surface area contributed by atoms with E-state index in [0.717, 1.165) is 27.2 Å². The first-order valence-corrected chi connectivity index (χ1v) is 7.80. The lowest BCUT2D eigenvalue weighted by molar-refractivity contribution is -0.0431. The van der Waals surface area contributed by atoms with Crippen LogP contribution in [0.15, 0.2) is 40.9 Å². The minimum atomic E-state index is -0.595. The van der Waals surface area contributed by atoms with Crippen molar-refractivity contribution in [2.24, 2.45) is 0 Å². The first-order valence-electron chi connectivity index (χ1n) is 6.63. The lowest BCUT2D eigenvalue weighted by Crippen LogP contribution is -2.29. The zero-order valence-electron chi connectivity index (χ0n) is 11.7. The highest BCUT2D eigenvalue weighted by Crippen LogP contribution is 2.40. The zero-order valence-corrected chi connectivity index (χ0v) is 14.1. The van der Waals surface area contributed by atoms with Crippen LogP contribution in [-0.4, -0.2) is 5.79 Å². The SMILES string of the molecule is CC1(C)Oc2ccc(NCc3ccc(Cl)c(Br)c3)cc2O1. The fourth-order valence-corrected chi connectivity index (χ4v) is 2.73. The van der Waals surface area contributed by atoms with Crippen molar-refractivity contribution in [3.63, 3.8) is 0 Å². The molecule has 110 valence electrons. The quantitative estimate of drug-likeness (QED) is 0.805. The number of nitrogens with one attached hydrogen (secondary N) is 1. The van der Waals surface area contributed by atoms with Crippen molar-refractivity contribution in [3.8, 4) is 11.5 Å². The van der Waals surface area contributed by atoms with Crippen molar-refractivity contribution >= 4 is 33.2 Å². The van der Waals surface area contributed by atoms with Crippen LogP contribution >= 0.6 is 27.5 Å². The predicted molar refractivity (Wildman–Crippen MR) is 88.3 cm³/mol. The Morgan fingerprint density at radius 3 is 2.62 bits per heavy atom. The molecule has 0 aromatic heterocycles. The third-order valence-electron chi connectivity index (χ3n) is 3.14. The molecular formula is C16H15BrClNO2. The highest BCUT2D eigenvalue weighted by atomic mass is 79.9. The van der Waals surface area contributed by atoms with Gasteiger partial charge in [0.05, 0.1) is 5.02 Å². The third-order valence-corrected chi connectivity index (χ3v) is 4.35. The number of ether oxygens (including phenoxy) is 2. The second-order valence-corrected chi connectivity index (χ2v) is 6.63. The van der Waals surface area contributed by atoms with Crippen LogP contribution in [0.1, 0.15) is 19.4 Å². The van der Waals surface area contributed by atoms with Gasteiger partial charge in [-0.3, -0.25) is 0 Å². The first kappa shape index (κ1) is 14.5. The van der Waals surface area contributed by atoms with Gasteiger partial charge in [-0.05, 0) is 45.8 Å². The van der Waals surface area contributed by atoms with Crippen LogP contribution in [-0.2, 0) is 6.54 Å². The minimum Gasteiger partial charge on any atom is -0.449 e. The molecule has 0 bridgehead atoms. The smallest absolute Gasteiger partial charge is 0.246 e. The summed E-state index contributed by atoms with van der Waals surface area (Å²) in [6, 6.07) is 11.7. The van der Waals surface area contributed by atoms with Crippen LogP contribution in [0.5, 0.6) is 11.5 Å². The number of hydrogen-bond donors (Lipinski definition) is 1. The van der Waals surface area contributed by atoms with E-state index in [0.29, 0.717) is 11.6 Å². The normalized spacial score (nSPS) is 15.0. The van der Waals surface area contributed by atoms with E-state index in [1.807, 2.05) is 50.2 Å². The van der Waals surface area contributed by atoms with Crippen molar-refractivity contribution in [2.45, 2.75) is 26.2 Å². The van der Waals surface area contributed by atoms with Gasteiger partial charge < -0.3 is 14.8 Å². The van der Waals surface area contributed by atoms with E-state index in [2.05, 4.69) is 21.2 Å². The van der Waals surface area contributed by atoms with Gasteiger partial charge in [-0.15, -0.1) is 0 Å². The summed E-state index contributed by atoms with van der Waals surface area (Å²) in [5.74, 6) is 0.948. The fourth-order valence-electron chi connectivity index (χ4n) is 2.19. The van der Waals surface area contributed by atoms with Crippen molar-refractivity contribution in [1.82, 2.24) is 0 Å².